The number of piperidine rings is 1. The summed E-state index contributed by atoms with van der Waals surface area (Å²) < 4.78 is 0. The Kier molecular flexibility index (Phi) is 3.21. The molecule has 100 valence electrons. The molecule has 1 aromatic heterocycles. The highest BCUT2D eigenvalue weighted by Gasteiger charge is 2.19. The topological polar surface area (TPSA) is 61.0 Å². The normalized spacial score (nSPS) is 20.6. The predicted molar refractivity (Wildman–Crippen MR) is 74.1 cm³/mol. The largest absolute Gasteiger partial charge is 0.348 e. The van der Waals surface area contributed by atoms with Crippen LogP contribution < -0.4 is 5.32 Å². The van der Waals surface area contributed by atoms with Crippen molar-refractivity contribution < 1.29 is 4.79 Å². The molecule has 1 aliphatic heterocycles. The number of carbonyl (C=O) groups excluding carboxylic acids is 1. The van der Waals surface area contributed by atoms with Gasteiger partial charge in [-0.2, -0.15) is 5.10 Å². The first-order valence-corrected chi connectivity index (χ1v) is 6.65. The molecule has 0 spiro atoms. The van der Waals surface area contributed by atoms with Gasteiger partial charge in [0.1, 0.15) is 0 Å². The Balaban J connectivity index is 1.72. The summed E-state index contributed by atoms with van der Waals surface area (Å²) in [7, 11) is 2.09. The average Bonchev–Trinajstić information content (AvgIpc) is 2.85. The summed E-state index contributed by atoms with van der Waals surface area (Å²) in [6, 6.07) is 5.86. The van der Waals surface area contributed by atoms with Gasteiger partial charge in [-0.25, -0.2) is 0 Å². The van der Waals surface area contributed by atoms with Crippen LogP contribution in [0.2, 0.25) is 0 Å². The summed E-state index contributed by atoms with van der Waals surface area (Å²) in [5.74, 6) is 0.00315. The van der Waals surface area contributed by atoms with Gasteiger partial charge >= 0.3 is 0 Å². The van der Waals surface area contributed by atoms with Crippen molar-refractivity contribution in [2.75, 3.05) is 20.1 Å². The van der Waals surface area contributed by atoms with E-state index in [4.69, 9.17) is 0 Å². The van der Waals surface area contributed by atoms with Crippen LogP contribution in [0.1, 0.15) is 23.2 Å². The van der Waals surface area contributed by atoms with Gasteiger partial charge in [0.25, 0.3) is 5.91 Å². The van der Waals surface area contributed by atoms with E-state index in [1.165, 1.54) is 0 Å². The summed E-state index contributed by atoms with van der Waals surface area (Å²) in [6.45, 7) is 2.05. The van der Waals surface area contributed by atoms with Crippen LogP contribution in [0.5, 0.6) is 0 Å². The van der Waals surface area contributed by atoms with Crippen molar-refractivity contribution in [1.29, 1.82) is 0 Å². The molecule has 2 heterocycles. The highest BCUT2D eigenvalue weighted by Crippen LogP contribution is 2.14. The number of hydrogen-bond donors (Lipinski definition) is 2. The first-order chi connectivity index (χ1) is 9.22. The molecule has 1 saturated heterocycles. The Morgan fingerprint density at radius 2 is 2.42 bits per heavy atom. The molecule has 0 saturated carbocycles. The number of aromatic amines is 1. The Morgan fingerprint density at radius 1 is 1.53 bits per heavy atom. The smallest absolute Gasteiger partial charge is 0.251 e. The molecule has 5 heteroatoms. The lowest BCUT2D eigenvalue weighted by molar-refractivity contribution is 0.0912. The molecule has 0 unspecified atom stereocenters. The van der Waals surface area contributed by atoms with Crippen molar-refractivity contribution in [2.24, 2.45) is 0 Å². The summed E-state index contributed by atoms with van der Waals surface area (Å²) in [4.78, 5) is 14.5. The van der Waals surface area contributed by atoms with E-state index in [0.29, 0.717) is 5.56 Å². The second-order valence-electron chi connectivity index (χ2n) is 5.25. The molecule has 1 atom stereocenters. The third-order valence-electron chi connectivity index (χ3n) is 3.66. The number of amides is 1. The van der Waals surface area contributed by atoms with Crippen molar-refractivity contribution in [2.45, 2.75) is 18.9 Å². The van der Waals surface area contributed by atoms with E-state index in [1.807, 2.05) is 18.2 Å². The van der Waals surface area contributed by atoms with Gasteiger partial charge in [0.2, 0.25) is 0 Å². The Hall–Kier alpha value is -1.88. The van der Waals surface area contributed by atoms with Crippen LogP contribution in [-0.4, -0.2) is 47.2 Å². The van der Waals surface area contributed by atoms with Crippen LogP contribution in [0.15, 0.2) is 24.4 Å². The van der Waals surface area contributed by atoms with Gasteiger partial charge in [-0.05, 0) is 44.6 Å². The zero-order chi connectivity index (χ0) is 13.2. The fraction of sp³-hybridized carbons (Fsp3) is 0.429. The number of likely N-dealkylation sites (tertiary alicyclic amines) is 1. The number of likely N-dealkylation sites (N-methyl/N-ethyl adjacent to an activating group) is 1. The summed E-state index contributed by atoms with van der Waals surface area (Å²) in [5.41, 5.74) is 1.65. The Morgan fingerprint density at radius 3 is 3.26 bits per heavy atom. The number of rotatable bonds is 2. The minimum Gasteiger partial charge on any atom is -0.348 e. The predicted octanol–water partition coefficient (Wildman–Crippen LogP) is 1.39. The minimum atomic E-state index is 0.00315. The number of nitrogens with one attached hydrogen (secondary N) is 2. The lowest BCUT2D eigenvalue weighted by Crippen LogP contribution is -2.46. The van der Waals surface area contributed by atoms with Crippen molar-refractivity contribution in [3.05, 3.63) is 30.0 Å². The van der Waals surface area contributed by atoms with Gasteiger partial charge < -0.3 is 10.2 Å². The molecule has 3 rings (SSSR count). The third-order valence-corrected chi connectivity index (χ3v) is 3.66. The van der Waals surface area contributed by atoms with Crippen LogP contribution in [0, 0.1) is 0 Å². The lowest BCUT2D eigenvalue weighted by Gasteiger charge is -2.30. The Bertz CT molecular complexity index is 592. The molecule has 0 radical (unpaired) electrons. The number of H-pyrrole nitrogens is 1. The number of benzene rings is 1. The highest BCUT2D eigenvalue weighted by atomic mass is 16.1. The van der Waals surface area contributed by atoms with Gasteiger partial charge in [0.05, 0.1) is 11.7 Å². The zero-order valence-electron chi connectivity index (χ0n) is 11.0. The van der Waals surface area contributed by atoms with Crippen LogP contribution >= 0.6 is 0 Å². The molecule has 2 aromatic rings. The van der Waals surface area contributed by atoms with Crippen molar-refractivity contribution >= 4 is 16.8 Å². The fourth-order valence-corrected chi connectivity index (χ4v) is 2.64. The zero-order valence-corrected chi connectivity index (χ0v) is 11.0. The Labute approximate surface area is 112 Å². The van der Waals surface area contributed by atoms with Crippen LogP contribution in [0.3, 0.4) is 0 Å². The van der Waals surface area contributed by atoms with E-state index in [9.17, 15) is 4.79 Å². The molecule has 2 N–H and O–H groups in total. The molecule has 0 bridgehead atoms. The molecule has 19 heavy (non-hydrogen) atoms. The summed E-state index contributed by atoms with van der Waals surface area (Å²) in [5, 5.41) is 10.9. The maximum atomic E-state index is 12.2. The maximum Gasteiger partial charge on any atom is 0.251 e. The van der Waals surface area contributed by atoms with Crippen molar-refractivity contribution in [1.82, 2.24) is 20.4 Å². The molecule has 1 aliphatic rings. The van der Waals surface area contributed by atoms with Crippen LogP contribution in [0.25, 0.3) is 10.9 Å². The fourth-order valence-electron chi connectivity index (χ4n) is 2.64. The molecule has 0 aliphatic carbocycles. The standard InChI is InChI=1S/C14H18N4O/c1-18-6-2-3-12(9-18)16-14(19)10-4-5-13-11(7-10)8-15-17-13/h4-5,7-8,12H,2-3,6,9H2,1H3,(H,15,17)(H,16,19)/t12-/m0/s1. The van der Waals surface area contributed by atoms with Crippen LogP contribution in [-0.2, 0) is 0 Å². The minimum absolute atomic E-state index is 0.00315. The van der Waals surface area contributed by atoms with E-state index in [0.717, 1.165) is 36.8 Å². The number of nitrogens with zero attached hydrogens (tertiary/aromatic N) is 2. The summed E-state index contributed by atoms with van der Waals surface area (Å²) >= 11 is 0. The lowest BCUT2D eigenvalue weighted by atomic mass is 10.1. The molecular weight excluding hydrogens is 240 g/mol. The van der Waals surface area contributed by atoms with Gasteiger partial charge in [-0.15, -0.1) is 0 Å². The average molecular weight is 258 g/mol. The monoisotopic (exact) mass is 258 g/mol. The second-order valence-corrected chi connectivity index (χ2v) is 5.25. The third kappa shape index (κ3) is 2.61. The van der Waals surface area contributed by atoms with Gasteiger partial charge in [0.15, 0.2) is 0 Å². The van der Waals surface area contributed by atoms with Gasteiger partial charge in [-0.3, -0.25) is 9.89 Å². The quantitative estimate of drug-likeness (QED) is 0.855. The second kappa shape index (κ2) is 5.01. The number of carbonyl (C=O) groups is 1. The van der Waals surface area contributed by atoms with Crippen molar-refractivity contribution in [3.63, 3.8) is 0 Å². The molecule has 1 amide bonds. The van der Waals surface area contributed by atoms with E-state index >= 15 is 0 Å². The number of hydrogen-bond acceptors (Lipinski definition) is 3. The summed E-state index contributed by atoms with van der Waals surface area (Å²) in [6.07, 6.45) is 3.94. The molecular formula is C14H18N4O. The van der Waals surface area contributed by atoms with E-state index < -0.39 is 0 Å². The van der Waals surface area contributed by atoms with Crippen LogP contribution in [0.4, 0.5) is 0 Å². The van der Waals surface area contributed by atoms with E-state index in [2.05, 4.69) is 27.5 Å². The molecule has 1 aromatic carbocycles. The van der Waals surface area contributed by atoms with Gasteiger partial charge in [-0.1, -0.05) is 0 Å². The van der Waals surface area contributed by atoms with E-state index in [-0.39, 0.29) is 11.9 Å². The molecule has 1 fully saturated rings. The highest BCUT2D eigenvalue weighted by molar-refractivity contribution is 5.98. The maximum absolute atomic E-state index is 12.2. The first kappa shape index (κ1) is 12.2. The number of fused-ring (bicyclic) bond motifs is 1. The number of aromatic nitrogens is 2. The first-order valence-electron chi connectivity index (χ1n) is 6.65. The van der Waals surface area contributed by atoms with Gasteiger partial charge in [0, 0.05) is 23.5 Å². The van der Waals surface area contributed by atoms with E-state index in [1.54, 1.807) is 6.20 Å². The molecule has 5 nitrogen and oxygen atoms in total. The SMILES string of the molecule is CN1CCC[C@H](NC(=O)c2ccc3[nH]ncc3c2)C1. The van der Waals surface area contributed by atoms with Crippen molar-refractivity contribution in [3.8, 4) is 0 Å².